The van der Waals surface area contributed by atoms with Gasteiger partial charge in [-0.05, 0) is 43.9 Å². The van der Waals surface area contributed by atoms with E-state index in [4.69, 9.17) is 4.74 Å². The molecule has 0 aromatic rings. The van der Waals surface area contributed by atoms with Gasteiger partial charge in [-0.3, -0.25) is 0 Å². The van der Waals surface area contributed by atoms with Gasteiger partial charge in [-0.2, -0.15) is 0 Å². The fraction of sp³-hybridized carbons (Fsp3) is 0.733. The molecule has 1 aliphatic heterocycles. The quantitative estimate of drug-likeness (QED) is 0.791. The number of ether oxygens (including phenoxy) is 1. The molecule has 1 N–H and O–H groups in total. The first-order valence-corrected chi connectivity index (χ1v) is 6.93. The minimum absolute atomic E-state index is 0.0125. The smallest absolute Gasteiger partial charge is 0.336 e. The number of hydrogen-bond donors (Lipinski definition) is 1. The van der Waals surface area contributed by atoms with Crippen molar-refractivity contribution in [2.45, 2.75) is 52.2 Å². The van der Waals surface area contributed by atoms with E-state index >= 15 is 0 Å². The molecule has 0 saturated heterocycles. The van der Waals surface area contributed by atoms with Crippen LogP contribution in [0.25, 0.3) is 0 Å². The molecule has 1 heterocycles. The number of hydrogen-bond acceptors (Lipinski definition) is 4. The van der Waals surface area contributed by atoms with Crippen molar-refractivity contribution in [2.75, 3.05) is 0 Å². The van der Waals surface area contributed by atoms with E-state index in [9.17, 15) is 14.7 Å². The van der Waals surface area contributed by atoms with E-state index in [2.05, 4.69) is 6.92 Å². The number of esters is 1. The van der Waals surface area contributed by atoms with E-state index in [0.717, 1.165) is 18.4 Å². The predicted molar refractivity (Wildman–Crippen MR) is 68.0 cm³/mol. The number of aliphatic hydroxyl groups is 1. The van der Waals surface area contributed by atoms with Crippen molar-refractivity contribution in [1.82, 2.24) is 0 Å². The van der Waals surface area contributed by atoms with Crippen LogP contribution in [0.3, 0.4) is 0 Å². The third-order valence-corrected chi connectivity index (χ3v) is 5.41. The van der Waals surface area contributed by atoms with Crippen LogP contribution in [0, 0.1) is 17.3 Å². The summed E-state index contributed by atoms with van der Waals surface area (Å²) in [7, 11) is 0. The van der Waals surface area contributed by atoms with E-state index in [-0.39, 0.29) is 17.2 Å². The first-order valence-electron chi connectivity index (χ1n) is 6.93. The third kappa shape index (κ3) is 1.69. The summed E-state index contributed by atoms with van der Waals surface area (Å²) in [5.74, 6) is -0.607. The minimum Gasteiger partial charge on any atom is -0.426 e. The summed E-state index contributed by atoms with van der Waals surface area (Å²) < 4.78 is 5.18. The van der Waals surface area contributed by atoms with Gasteiger partial charge < -0.3 is 14.6 Å². The molecule has 0 aromatic heterocycles. The van der Waals surface area contributed by atoms with Gasteiger partial charge in [-0.25, -0.2) is 4.79 Å². The highest BCUT2D eigenvalue weighted by Gasteiger charge is 2.69. The average Bonchev–Trinajstić information content (AvgIpc) is 2.77. The molecule has 19 heavy (non-hydrogen) atoms. The fourth-order valence-corrected chi connectivity index (χ4v) is 4.19. The lowest BCUT2D eigenvalue weighted by Crippen LogP contribution is -2.38. The van der Waals surface area contributed by atoms with Crippen LogP contribution in [0.1, 0.15) is 46.5 Å². The summed E-state index contributed by atoms with van der Waals surface area (Å²) in [6.45, 7) is 5.48. The molecule has 3 rings (SSSR count). The molecule has 0 bridgehead atoms. The molecule has 3 aliphatic rings. The van der Waals surface area contributed by atoms with Crippen molar-refractivity contribution in [3.05, 3.63) is 11.1 Å². The average molecular weight is 264 g/mol. The van der Waals surface area contributed by atoms with Gasteiger partial charge in [0.1, 0.15) is 5.78 Å². The van der Waals surface area contributed by atoms with E-state index in [1.54, 1.807) is 13.8 Å². The molecule has 0 spiro atoms. The van der Waals surface area contributed by atoms with Gasteiger partial charge in [0.15, 0.2) is 0 Å². The maximum Gasteiger partial charge on any atom is 0.336 e. The van der Waals surface area contributed by atoms with Gasteiger partial charge in [0.2, 0.25) is 5.79 Å². The molecular weight excluding hydrogens is 244 g/mol. The maximum atomic E-state index is 11.6. The van der Waals surface area contributed by atoms with Crippen LogP contribution in [-0.2, 0) is 14.3 Å². The molecule has 4 unspecified atom stereocenters. The van der Waals surface area contributed by atoms with Gasteiger partial charge in [0.25, 0.3) is 0 Å². The van der Waals surface area contributed by atoms with Crippen molar-refractivity contribution >= 4 is 11.8 Å². The zero-order valence-electron chi connectivity index (χ0n) is 11.7. The van der Waals surface area contributed by atoms with Gasteiger partial charge in [-0.15, -0.1) is 0 Å². The Morgan fingerprint density at radius 2 is 2.21 bits per heavy atom. The Hall–Kier alpha value is -1.16. The Morgan fingerprint density at radius 3 is 2.84 bits per heavy atom. The monoisotopic (exact) mass is 264 g/mol. The number of ketones is 1. The van der Waals surface area contributed by atoms with E-state index in [1.165, 1.54) is 0 Å². The van der Waals surface area contributed by atoms with Gasteiger partial charge in [0.05, 0.1) is 0 Å². The zero-order valence-corrected chi connectivity index (χ0v) is 11.7. The van der Waals surface area contributed by atoms with Gasteiger partial charge in [0, 0.05) is 24.0 Å². The number of rotatable bonds is 3. The van der Waals surface area contributed by atoms with Crippen molar-refractivity contribution < 1.29 is 19.4 Å². The molecule has 4 atom stereocenters. The molecule has 0 radical (unpaired) electrons. The van der Waals surface area contributed by atoms with Crippen LogP contribution in [0.2, 0.25) is 0 Å². The molecule has 104 valence electrons. The summed E-state index contributed by atoms with van der Waals surface area (Å²) >= 11 is 0. The first-order chi connectivity index (χ1) is 8.78. The van der Waals surface area contributed by atoms with Crippen molar-refractivity contribution in [3.8, 4) is 0 Å². The highest BCUT2D eigenvalue weighted by atomic mass is 16.7. The van der Waals surface area contributed by atoms with Crippen molar-refractivity contribution in [2.24, 2.45) is 17.3 Å². The SMILES string of the molecule is CC(=O)CCC1C2CC3=C(C)C(=O)OC3(O)CC12C. The summed E-state index contributed by atoms with van der Waals surface area (Å²) in [4.78, 5) is 22.7. The molecule has 0 aromatic carbocycles. The standard InChI is InChI=1S/C15H20O4/c1-8(16)4-5-10-12-6-11-9(2)13(17)19-15(11,18)7-14(10,12)3/h10,12,18H,4-7H2,1-3H3. The second-order valence-electron chi connectivity index (χ2n) is 6.62. The van der Waals surface area contributed by atoms with Crippen molar-refractivity contribution in [3.63, 3.8) is 0 Å². The third-order valence-electron chi connectivity index (χ3n) is 5.41. The minimum atomic E-state index is -1.38. The lowest BCUT2D eigenvalue weighted by atomic mass is 9.81. The molecule has 2 saturated carbocycles. The molecule has 0 amide bonds. The summed E-state index contributed by atoms with van der Waals surface area (Å²) in [5, 5.41) is 10.5. The van der Waals surface area contributed by atoms with Crippen LogP contribution in [0.15, 0.2) is 11.1 Å². The first kappa shape index (κ1) is 12.9. The van der Waals surface area contributed by atoms with E-state index < -0.39 is 5.79 Å². The van der Waals surface area contributed by atoms with Crippen molar-refractivity contribution in [1.29, 1.82) is 0 Å². The number of fused-ring (bicyclic) bond motifs is 2. The molecule has 4 heteroatoms. The molecular formula is C15H20O4. The van der Waals surface area contributed by atoms with Crippen LogP contribution >= 0.6 is 0 Å². The fourth-order valence-electron chi connectivity index (χ4n) is 4.19. The molecule has 2 fully saturated rings. The normalized spacial score (nSPS) is 43.7. The van der Waals surface area contributed by atoms with Crippen LogP contribution in [0.5, 0.6) is 0 Å². The van der Waals surface area contributed by atoms with E-state index in [0.29, 0.717) is 30.3 Å². The Morgan fingerprint density at radius 1 is 1.53 bits per heavy atom. The van der Waals surface area contributed by atoms with Gasteiger partial charge in [-0.1, -0.05) is 6.92 Å². The highest BCUT2D eigenvalue weighted by molar-refractivity contribution is 5.92. The maximum absolute atomic E-state index is 11.6. The predicted octanol–water partition coefficient (Wildman–Crippen LogP) is 1.96. The molecule has 4 nitrogen and oxygen atoms in total. The van der Waals surface area contributed by atoms with Crippen LogP contribution in [-0.4, -0.2) is 22.6 Å². The second-order valence-corrected chi connectivity index (χ2v) is 6.62. The lowest BCUT2D eigenvalue weighted by Gasteiger charge is -2.32. The zero-order chi connectivity index (χ0) is 14.0. The number of carbonyl (C=O) groups is 2. The topological polar surface area (TPSA) is 63.6 Å². The lowest BCUT2D eigenvalue weighted by molar-refractivity contribution is -0.191. The largest absolute Gasteiger partial charge is 0.426 e. The van der Waals surface area contributed by atoms with Crippen LogP contribution in [0.4, 0.5) is 0 Å². The Bertz CT molecular complexity index is 506. The highest BCUT2D eigenvalue weighted by Crippen LogP contribution is 2.71. The summed E-state index contributed by atoms with van der Waals surface area (Å²) in [6, 6.07) is 0. The van der Waals surface area contributed by atoms with E-state index in [1.807, 2.05) is 0 Å². The number of carbonyl (C=O) groups excluding carboxylic acids is 2. The van der Waals surface area contributed by atoms with Gasteiger partial charge >= 0.3 is 5.97 Å². The second kappa shape index (κ2) is 3.69. The summed E-state index contributed by atoms with van der Waals surface area (Å²) in [5.41, 5.74) is 1.35. The Kier molecular flexibility index (Phi) is 2.50. The Balaban J connectivity index is 1.81. The summed E-state index contributed by atoms with van der Waals surface area (Å²) in [6.07, 6.45) is 2.69. The van der Waals surface area contributed by atoms with Crippen LogP contribution < -0.4 is 0 Å². The molecule has 2 aliphatic carbocycles. The number of Topliss-reactive ketones (excluding diaryl/α,β-unsaturated/α-hetero) is 1. The Labute approximate surface area is 112 Å².